The second-order valence-electron chi connectivity index (χ2n) is 8.03. The van der Waals surface area contributed by atoms with Crippen molar-refractivity contribution in [1.82, 2.24) is 4.90 Å². The van der Waals surface area contributed by atoms with Crippen molar-refractivity contribution in [2.45, 2.75) is 56.6 Å². The molecule has 1 atom stereocenters. The fourth-order valence-electron chi connectivity index (χ4n) is 5.15. The molecular weight excluding hydrogens is 347 g/mol. The molecule has 0 N–H and O–H groups in total. The topological polar surface area (TPSA) is 49.9 Å². The molecule has 1 unspecified atom stereocenters. The van der Waals surface area contributed by atoms with Crippen molar-refractivity contribution in [2.75, 3.05) is 25.1 Å². The first-order chi connectivity index (χ1) is 13.1. The highest BCUT2D eigenvalue weighted by Crippen LogP contribution is 2.46. The predicted octanol–water partition coefficient (Wildman–Crippen LogP) is 3.13. The monoisotopic (exact) mass is 374 g/mol. The quantitative estimate of drug-likeness (QED) is 0.764. The van der Waals surface area contributed by atoms with Gasteiger partial charge in [-0.3, -0.25) is 9.59 Å². The van der Waals surface area contributed by atoms with Crippen LogP contribution in [-0.2, 0) is 14.3 Å². The van der Waals surface area contributed by atoms with Gasteiger partial charge in [0.05, 0.1) is 5.54 Å². The van der Waals surface area contributed by atoms with Crippen LogP contribution in [0.5, 0.6) is 0 Å². The van der Waals surface area contributed by atoms with Gasteiger partial charge in [-0.2, -0.15) is 0 Å². The Morgan fingerprint density at radius 3 is 2.52 bits per heavy atom. The smallest absolute Gasteiger partial charge is 0.259 e. The molecule has 2 aliphatic heterocycles. The number of piperidine rings is 1. The number of benzene rings is 1. The third kappa shape index (κ3) is 3.04. The highest BCUT2D eigenvalue weighted by molar-refractivity contribution is 6.07. The summed E-state index contributed by atoms with van der Waals surface area (Å²) >= 11 is 0. The number of anilines is 1. The van der Waals surface area contributed by atoms with Crippen LogP contribution in [0.2, 0.25) is 0 Å². The highest BCUT2D eigenvalue weighted by atomic mass is 19.1. The predicted molar refractivity (Wildman–Crippen MR) is 99.8 cm³/mol. The maximum atomic E-state index is 13.7. The summed E-state index contributed by atoms with van der Waals surface area (Å²) in [7, 11) is 1.55. The second-order valence-corrected chi connectivity index (χ2v) is 8.03. The lowest BCUT2D eigenvalue weighted by molar-refractivity contribution is -0.153. The number of methoxy groups -OCH3 is 1. The number of carbonyl (C=O) groups is 2. The zero-order valence-corrected chi connectivity index (χ0v) is 15.8. The number of hydrogen-bond acceptors (Lipinski definition) is 3. The fraction of sp³-hybridized carbons (Fsp3) is 0.619. The minimum absolute atomic E-state index is 0.129. The SMILES string of the molecule is COC1C(=O)N(c2cccc(F)c2)C12CCN(C(=O)C1CCCCC1)CC2. The van der Waals surface area contributed by atoms with Crippen LogP contribution in [-0.4, -0.2) is 48.6 Å². The van der Waals surface area contributed by atoms with Gasteiger partial charge in [0, 0.05) is 31.8 Å². The van der Waals surface area contributed by atoms with Crippen molar-refractivity contribution >= 4 is 17.5 Å². The molecule has 5 nitrogen and oxygen atoms in total. The second kappa shape index (κ2) is 7.23. The van der Waals surface area contributed by atoms with E-state index in [1.165, 1.54) is 18.6 Å². The number of nitrogens with zero attached hydrogens (tertiary/aromatic N) is 2. The van der Waals surface area contributed by atoms with E-state index in [1.807, 2.05) is 4.90 Å². The molecule has 1 aromatic carbocycles. The molecule has 6 heteroatoms. The molecule has 1 aromatic rings. The van der Waals surface area contributed by atoms with E-state index in [0.717, 1.165) is 25.7 Å². The number of halogens is 1. The lowest BCUT2D eigenvalue weighted by Crippen LogP contribution is -2.78. The summed E-state index contributed by atoms with van der Waals surface area (Å²) in [5.41, 5.74) is 0.0866. The van der Waals surface area contributed by atoms with Crippen molar-refractivity contribution in [3.63, 3.8) is 0 Å². The zero-order valence-electron chi connectivity index (χ0n) is 15.8. The standard InChI is InChI=1S/C21H27FN2O3/c1-27-18-20(26)24(17-9-5-8-16(22)14-17)21(18)10-12-23(13-11-21)19(25)15-6-3-2-4-7-15/h5,8-9,14-15,18H,2-4,6-7,10-13H2,1H3. The van der Waals surface area contributed by atoms with E-state index in [-0.39, 0.29) is 23.5 Å². The van der Waals surface area contributed by atoms with Crippen LogP contribution in [0.4, 0.5) is 10.1 Å². The average Bonchev–Trinajstić information content (AvgIpc) is 2.69. The normalized spacial score (nSPS) is 25.6. The molecule has 27 heavy (non-hydrogen) atoms. The number of likely N-dealkylation sites (tertiary alicyclic amines) is 1. The van der Waals surface area contributed by atoms with E-state index in [9.17, 15) is 14.0 Å². The van der Waals surface area contributed by atoms with Crippen LogP contribution in [0.15, 0.2) is 24.3 Å². The summed E-state index contributed by atoms with van der Waals surface area (Å²) < 4.78 is 19.2. The van der Waals surface area contributed by atoms with E-state index in [0.29, 0.717) is 31.6 Å². The Hall–Kier alpha value is -1.95. The summed E-state index contributed by atoms with van der Waals surface area (Å²) in [5, 5.41) is 0. The van der Waals surface area contributed by atoms with Gasteiger partial charge >= 0.3 is 0 Å². The Kier molecular flexibility index (Phi) is 4.93. The zero-order chi connectivity index (χ0) is 19.0. The van der Waals surface area contributed by atoms with Crippen LogP contribution >= 0.6 is 0 Å². The Balaban J connectivity index is 1.50. The Morgan fingerprint density at radius 1 is 1.19 bits per heavy atom. The number of amides is 2. The van der Waals surface area contributed by atoms with Crippen molar-refractivity contribution < 1.29 is 18.7 Å². The van der Waals surface area contributed by atoms with Gasteiger partial charge in [-0.15, -0.1) is 0 Å². The Bertz CT molecular complexity index is 724. The molecule has 2 saturated heterocycles. The van der Waals surface area contributed by atoms with E-state index in [4.69, 9.17) is 4.74 Å². The van der Waals surface area contributed by atoms with Crippen LogP contribution in [0.25, 0.3) is 0 Å². The van der Waals surface area contributed by atoms with E-state index < -0.39 is 11.6 Å². The molecule has 1 spiro atoms. The Morgan fingerprint density at radius 2 is 1.89 bits per heavy atom. The summed E-state index contributed by atoms with van der Waals surface area (Å²) in [6.07, 6.45) is 6.30. The van der Waals surface area contributed by atoms with Crippen LogP contribution < -0.4 is 4.90 Å². The van der Waals surface area contributed by atoms with Gasteiger partial charge in [0.15, 0.2) is 6.10 Å². The van der Waals surface area contributed by atoms with Crippen LogP contribution in [0, 0.1) is 11.7 Å². The fourth-order valence-corrected chi connectivity index (χ4v) is 5.15. The third-order valence-corrected chi connectivity index (χ3v) is 6.58. The van der Waals surface area contributed by atoms with Crippen molar-refractivity contribution in [1.29, 1.82) is 0 Å². The third-order valence-electron chi connectivity index (χ3n) is 6.58. The average molecular weight is 374 g/mol. The van der Waals surface area contributed by atoms with E-state index in [1.54, 1.807) is 24.1 Å². The summed E-state index contributed by atoms with van der Waals surface area (Å²) in [6, 6.07) is 6.15. The van der Waals surface area contributed by atoms with Gasteiger partial charge in [0.2, 0.25) is 5.91 Å². The molecule has 1 aliphatic carbocycles. The molecule has 2 heterocycles. The summed E-state index contributed by atoms with van der Waals surface area (Å²) in [6.45, 7) is 1.24. The molecule has 3 aliphatic rings. The minimum atomic E-state index is -0.521. The molecule has 3 fully saturated rings. The first-order valence-corrected chi connectivity index (χ1v) is 9.98. The van der Waals surface area contributed by atoms with E-state index in [2.05, 4.69) is 0 Å². The molecule has 0 radical (unpaired) electrons. The van der Waals surface area contributed by atoms with Gasteiger partial charge in [-0.1, -0.05) is 25.3 Å². The molecule has 1 saturated carbocycles. The maximum absolute atomic E-state index is 13.7. The van der Waals surface area contributed by atoms with Crippen LogP contribution in [0.3, 0.4) is 0 Å². The molecule has 146 valence electrons. The largest absolute Gasteiger partial charge is 0.369 e. The number of ether oxygens (including phenoxy) is 1. The number of carbonyl (C=O) groups excluding carboxylic acids is 2. The number of hydrogen-bond donors (Lipinski definition) is 0. The molecule has 4 rings (SSSR count). The van der Waals surface area contributed by atoms with Gasteiger partial charge < -0.3 is 14.5 Å². The summed E-state index contributed by atoms with van der Waals surface area (Å²) in [5.74, 6) is -0.0637. The molecule has 2 amide bonds. The van der Waals surface area contributed by atoms with Gasteiger partial charge in [0.25, 0.3) is 5.91 Å². The maximum Gasteiger partial charge on any atom is 0.259 e. The highest BCUT2D eigenvalue weighted by Gasteiger charge is 2.62. The number of rotatable bonds is 3. The Labute approximate surface area is 159 Å². The van der Waals surface area contributed by atoms with Crippen molar-refractivity contribution in [2.24, 2.45) is 5.92 Å². The minimum Gasteiger partial charge on any atom is -0.369 e. The molecule has 0 aromatic heterocycles. The van der Waals surface area contributed by atoms with E-state index >= 15 is 0 Å². The first-order valence-electron chi connectivity index (χ1n) is 9.98. The lowest BCUT2D eigenvalue weighted by Gasteiger charge is -2.59. The van der Waals surface area contributed by atoms with Crippen LogP contribution in [0.1, 0.15) is 44.9 Å². The summed E-state index contributed by atoms with van der Waals surface area (Å²) in [4.78, 5) is 29.1. The van der Waals surface area contributed by atoms with Gasteiger partial charge in [-0.25, -0.2) is 4.39 Å². The van der Waals surface area contributed by atoms with Crippen molar-refractivity contribution in [3.8, 4) is 0 Å². The molecular formula is C21H27FN2O3. The van der Waals surface area contributed by atoms with Crippen molar-refractivity contribution in [3.05, 3.63) is 30.1 Å². The van der Waals surface area contributed by atoms with Gasteiger partial charge in [0.1, 0.15) is 5.82 Å². The lowest BCUT2D eigenvalue weighted by atomic mass is 9.72. The first kappa shape index (κ1) is 18.4. The van der Waals surface area contributed by atoms with Gasteiger partial charge in [-0.05, 0) is 43.9 Å². The number of β-lactam (4-membered cyclic amide) rings is 1. The molecule has 0 bridgehead atoms.